The second kappa shape index (κ2) is 7.70. The summed E-state index contributed by atoms with van der Waals surface area (Å²) in [7, 11) is 0. The summed E-state index contributed by atoms with van der Waals surface area (Å²) in [6, 6.07) is 1.59. The molecule has 0 unspecified atom stereocenters. The summed E-state index contributed by atoms with van der Waals surface area (Å²) in [4.78, 5) is 21.4. The molecule has 1 aromatic rings. The van der Waals surface area contributed by atoms with Gasteiger partial charge in [0, 0.05) is 19.2 Å². The molecule has 0 bridgehead atoms. The number of nitrogens with one attached hydrogen (secondary N) is 2. The van der Waals surface area contributed by atoms with Gasteiger partial charge in [-0.2, -0.15) is 0 Å². The third kappa shape index (κ3) is 6.05. The number of nitro groups is 1. The first-order valence-electron chi connectivity index (χ1n) is 6.95. The van der Waals surface area contributed by atoms with Crippen molar-refractivity contribution in [2.45, 2.75) is 32.8 Å². The van der Waals surface area contributed by atoms with Crippen molar-refractivity contribution in [2.24, 2.45) is 0 Å². The van der Waals surface area contributed by atoms with Gasteiger partial charge in [0.05, 0.1) is 4.92 Å². The summed E-state index contributed by atoms with van der Waals surface area (Å²) in [5, 5.41) is 15.8. The molecule has 7 nitrogen and oxygen atoms in total. The van der Waals surface area contributed by atoms with Gasteiger partial charge in [-0.1, -0.05) is 0 Å². The van der Waals surface area contributed by atoms with Crippen molar-refractivity contribution in [1.29, 1.82) is 0 Å². The monoisotopic (exact) mass is 331 g/mol. The Morgan fingerprint density at radius 2 is 1.96 bits per heavy atom. The summed E-state index contributed by atoms with van der Waals surface area (Å²) in [5.41, 5.74) is -1.68. The Labute approximate surface area is 132 Å². The van der Waals surface area contributed by atoms with Crippen LogP contribution in [0.3, 0.4) is 0 Å². The van der Waals surface area contributed by atoms with Crippen LogP contribution in [-0.4, -0.2) is 29.7 Å². The van der Waals surface area contributed by atoms with Gasteiger partial charge in [0.1, 0.15) is 5.60 Å². The van der Waals surface area contributed by atoms with Crippen LogP contribution in [-0.2, 0) is 4.74 Å². The number of nitrogens with zero attached hydrogens (tertiary/aromatic N) is 1. The lowest BCUT2D eigenvalue weighted by molar-refractivity contribution is -0.384. The summed E-state index contributed by atoms with van der Waals surface area (Å²) in [6.07, 6.45) is -0.257. The molecule has 1 aromatic carbocycles. The molecule has 0 aliphatic heterocycles. The molecule has 0 aliphatic rings. The van der Waals surface area contributed by atoms with Crippen LogP contribution in [0.4, 0.5) is 25.0 Å². The Morgan fingerprint density at radius 1 is 1.30 bits per heavy atom. The van der Waals surface area contributed by atoms with Crippen LogP contribution in [0.25, 0.3) is 0 Å². The largest absolute Gasteiger partial charge is 0.444 e. The fourth-order valence-electron chi connectivity index (χ4n) is 1.67. The number of hydrogen-bond donors (Lipinski definition) is 2. The van der Waals surface area contributed by atoms with Crippen LogP contribution in [0.15, 0.2) is 12.1 Å². The van der Waals surface area contributed by atoms with Gasteiger partial charge in [0.15, 0.2) is 17.3 Å². The summed E-state index contributed by atoms with van der Waals surface area (Å²) >= 11 is 0. The normalized spacial score (nSPS) is 11.0. The highest BCUT2D eigenvalue weighted by atomic mass is 19.2. The van der Waals surface area contributed by atoms with Crippen LogP contribution in [0.5, 0.6) is 0 Å². The third-order valence-corrected chi connectivity index (χ3v) is 2.59. The van der Waals surface area contributed by atoms with Gasteiger partial charge < -0.3 is 15.4 Å². The van der Waals surface area contributed by atoms with Crippen molar-refractivity contribution < 1.29 is 23.2 Å². The predicted octanol–water partition coefficient (Wildman–Crippen LogP) is 3.20. The number of carbonyl (C=O) groups is 1. The number of amides is 1. The molecule has 0 fully saturated rings. The number of rotatable bonds is 6. The molecule has 0 heterocycles. The van der Waals surface area contributed by atoms with E-state index in [1.807, 2.05) is 0 Å². The molecule has 1 amide bonds. The minimum atomic E-state index is -1.31. The number of benzene rings is 1. The SMILES string of the molecule is CC(C)(C)OC(=O)NCCCNc1c([N+](=O)[O-])ccc(F)c1F. The van der Waals surface area contributed by atoms with Gasteiger partial charge in [-0.15, -0.1) is 0 Å². The Kier molecular flexibility index (Phi) is 6.23. The highest BCUT2D eigenvalue weighted by molar-refractivity contribution is 5.67. The molecule has 0 aliphatic carbocycles. The molecular formula is C14H19F2N3O4. The molecule has 0 saturated carbocycles. The van der Waals surface area contributed by atoms with Gasteiger partial charge in [0.2, 0.25) is 0 Å². The molecule has 0 saturated heterocycles. The minimum Gasteiger partial charge on any atom is -0.444 e. The van der Waals surface area contributed by atoms with E-state index in [-0.39, 0.29) is 13.1 Å². The molecule has 2 N–H and O–H groups in total. The van der Waals surface area contributed by atoms with E-state index in [9.17, 15) is 23.7 Å². The average Bonchev–Trinajstić information content (AvgIpc) is 2.40. The third-order valence-electron chi connectivity index (χ3n) is 2.59. The lowest BCUT2D eigenvalue weighted by atomic mass is 10.2. The minimum absolute atomic E-state index is 0.108. The number of ether oxygens (including phenoxy) is 1. The van der Waals surface area contributed by atoms with Crippen LogP contribution in [0.1, 0.15) is 27.2 Å². The zero-order valence-corrected chi connectivity index (χ0v) is 13.1. The number of carbonyl (C=O) groups excluding carboxylic acids is 1. The highest BCUT2D eigenvalue weighted by Crippen LogP contribution is 2.28. The van der Waals surface area contributed by atoms with Crippen LogP contribution in [0.2, 0.25) is 0 Å². The first-order valence-corrected chi connectivity index (χ1v) is 6.95. The van der Waals surface area contributed by atoms with Crippen LogP contribution < -0.4 is 10.6 Å². The van der Waals surface area contributed by atoms with E-state index in [1.54, 1.807) is 20.8 Å². The molecule has 0 aromatic heterocycles. The lowest BCUT2D eigenvalue weighted by Gasteiger charge is -2.19. The van der Waals surface area contributed by atoms with E-state index in [2.05, 4.69) is 10.6 Å². The van der Waals surface area contributed by atoms with Crippen molar-refractivity contribution in [3.8, 4) is 0 Å². The summed E-state index contributed by atoms with van der Waals surface area (Å²) in [6.45, 7) is 5.49. The van der Waals surface area contributed by atoms with Gasteiger partial charge >= 0.3 is 6.09 Å². The smallest absolute Gasteiger partial charge is 0.407 e. The van der Waals surface area contributed by atoms with E-state index in [0.717, 1.165) is 6.07 Å². The molecule has 23 heavy (non-hydrogen) atoms. The zero-order valence-electron chi connectivity index (χ0n) is 13.1. The molecule has 0 spiro atoms. The zero-order chi connectivity index (χ0) is 17.6. The van der Waals surface area contributed by atoms with Gasteiger partial charge in [-0.05, 0) is 33.3 Å². The Morgan fingerprint density at radius 3 is 2.52 bits per heavy atom. The quantitative estimate of drug-likeness (QED) is 0.474. The molecular weight excluding hydrogens is 312 g/mol. The summed E-state index contributed by atoms with van der Waals surface area (Å²) in [5.74, 6) is -2.48. The van der Waals surface area contributed by atoms with E-state index < -0.39 is 39.6 Å². The molecule has 9 heteroatoms. The molecule has 1 rings (SSSR count). The Hall–Kier alpha value is -2.45. The van der Waals surface area contributed by atoms with Crippen molar-refractivity contribution >= 4 is 17.5 Å². The van der Waals surface area contributed by atoms with Crippen molar-refractivity contribution in [2.75, 3.05) is 18.4 Å². The van der Waals surface area contributed by atoms with Gasteiger partial charge in [-0.3, -0.25) is 10.1 Å². The molecule has 0 atom stereocenters. The van der Waals surface area contributed by atoms with Gasteiger partial charge in [0.25, 0.3) is 5.69 Å². The molecule has 128 valence electrons. The number of halogens is 2. The molecule has 0 radical (unpaired) electrons. The predicted molar refractivity (Wildman–Crippen MR) is 80.4 cm³/mol. The van der Waals surface area contributed by atoms with Crippen LogP contribution >= 0.6 is 0 Å². The Balaban J connectivity index is 2.49. The van der Waals surface area contributed by atoms with E-state index in [1.165, 1.54) is 0 Å². The average molecular weight is 331 g/mol. The number of anilines is 1. The first-order chi connectivity index (χ1) is 10.6. The maximum Gasteiger partial charge on any atom is 0.407 e. The van der Waals surface area contributed by atoms with E-state index >= 15 is 0 Å². The van der Waals surface area contributed by atoms with E-state index in [0.29, 0.717) is 12.5 Å². The van der Waals surface area contributed by atoms with Crippen molar-refractivity contribution in [3.05, 3.63) is 33.9 Å². The maximum atomic E-state index is 13.6. The fraction of sp³-hybridized carbons (Fsp3) is 0.500. The van der Waals surface area contributed by atoms with Crippen molar-refractivity contribution in [1.82, 2.24) is 5.32 Å². The van der Waals surface area contributed by atoms with Crippen molar-refractivity contribution in [3.63, 3.8) is 0 Å². The second-order valence-electron chi connectivity index (χ2n) is 5.72. The van der Waals surface area contributed by atoms with Gasteiger partial charge in [-0.25, -0.2) is 13.6 Å². The number of hydrogen-bond acceptors (Lipinski definition) is 5. The second-order valence-corrected chi connectivity index (χ2v) is 5.72. The summed E-state index contributed by atoms with van der Waals surface area (Å²) < 4.78 is 31.8. The highest BCUT2D eigenvalue weighted by Gasteiger charge is 2.21. The first kappa shape index (κ1) is 18.6. The standard InChI is InChI=1S/C14H19F2N3O4/c1-14(2,3)23-13(20)18-8-4-7-17-12-10(19(21)22)6-5-9(15)11(12)16/h5-6,17H,4,7-8H2,1-3H3,(H,18,20). The Bertz CT molecular complexity index is 588. The number of alkyl carbamates (subject to hydrolysis) is 1. The van der Waals surface area contributed by atoms with E-state index in [4.69, 9.17) is 4.74 Å². The lowest BCUT2D eigenvalue weighted by Crippen LogP contribution is -2.33. The topological polar surface area (TPSA) is 93.5 Å². The number of nitro benzene ring substituents is 1. The fourth-order valence-corrected chi connectivity index (χ4v) is 1.67. The van der Waals surface area contributed by atoms with Crippen LogP contribution in [0, 0.1) is 21.7 Å². The maximum absolute atomic E-state index is 13.6.